The minimum absolute atomic E-state index is 0.0393. The van der Waals surface area contributed by atoms with Crippen molar-refractivity contribution in [3.8, 4) is 5.75 Å². The first kappa shape index (κ1) is 15.4. The van der Waals surface area contributed by atoms with E-state index in [1.807, 2.05) is 0 Å². The Bertz CT molecular complexity index is 650. The predicted octanol–water partition coefficient (Wildman–Crippen LogP) is 3.50. The summed E-state index contributed by atoms with van der Waals surface area (Å²) in [5.41, 5.74) is 8.90. The van der Waals surface area contributed by atoms with Crippen LogP contribution in [0, 0.1) is 6.92 Å². The lowest BCUT2D eigenvalue weighted by Crippen LogP contribution is -2.04. The summed E-state index contributed by atoms with van der Waals surface area (Å²) in [5.74, 6) is 0.525. The first-order chi connectivity index (χ1) is 10.0. The second-order valence-electron chi connectivity index (χ2n) is 4.93. The summed E-state index contributed by atoms with van der Waals surface area (Å²) in [6, 6.07) is 8.42. The van der Waals surface area contributed by atoms with Gasteiger partial charge >= 0.3 is 0 Å². The fourth-order valence-electron chi connectivity index (χ4n) is 2.20. The van der Waals surface area contributed by atoms with Gasteiger partial charge in [0.1, 0.15) is 5.00 Å². The Hall–Kier alpha value is -2.01. The standard InChI is InChI=1S/C16H20N2O2S/c1-10-5-4-6-12(9-10)7-8-18-16-14(20-3)13(17)15(21-16)11(2)19/h4-6,9,18H,7-8,17H2,1-3H3. The van der Waals surface area contributed by atoms with E-state index in [1.165, 1.54) is 29.4 Å². The summed E-state index contributed by atoms with van der Waals surface area (Å²) in [4.78, 5) is 12.1. The number of hydrogen-bond donors (Lipinski definition) is 2. The monoisotopic (exact) mass is 304 g/mol. The van der Waals surface area contributed by atoms with Crippen molar-refractivity contribution in [3.63, 3.8) is 0 Å². The van der Waals surface area contributed by atoms with Crippen LogP contribution < -0.4 is 15.8 Å². The van der Waals surface area contributed by atoms with E-state index in [9.17, 15) is 4.79 Å². The van der Waals surface area contributed by atoms with Crippen molar-refractivity contribution in [1.82, 2.24) is 0 Å². The van der Waals surface area contributed by atoms with Crippen LogP contribution in [0.3, 0.4) is 0 Å². The molecule has 5 heteroatoms. The van der Waals surface area contributed by atoms with Crippen LogP contribution in [0.1, 0.15) is 27.7 Å². The Morgan fingerprint density at radius 2 is 2.19 bits per heavy atom. The van der Waals surface area contributed by atoms with Crippen molar-refractivity contribution < 1.29 is 9.53 Å². The van der Waals surface area contributed by atoms with E-state index < -0.39 is 0 Å². The molecule has 0 bridgehead atoms. The number of nitrogens with two attached hydrogens (primary N) is 1. The van der Waals surface area contributed by atoms with Gasteiger partial charge in [0.2, 0.25) is 0 Å². The number of ketones is 1. The molecule has 0 amide bonds. The maximum Gasteiger partial charge on any atom is 0.176 e. The number of carbonyl (C=O) groups excluding carboxylic acids is 1. The molecule has 0 radical (unpaired) electrons. The number of thiophene rings is 1. The zero-order chi connectivity index (χ0) is 15.4. The molecule has 1 aromatic heterocycles. The van der Waals surface area contributed by atoms with Crippen LogP contribution in [0.15, 0.2) is 24.3 Å². The molecule has 3 N–H and O–H groups in total. The number of Topliss-reactive ketones (excluding diaryl/α,β-unsaturated/α-hetero) is 1. The van der Waals surface area contributed by atoms with E-state index in [0.717, 1.165) is 18.0 Å². The highest BCUT2D eigenvalue weighted by Gasteiger charge is 2.19. The number of nitrogens with one attached hydrogen (secondary N) is 1. The van der Waals surface area contributed by atoms with Gasteiger partial charge in [-0.1, -0.05) is 29.8 Å². The SMILES string of the molecule is COc1c(NCCc2cccc(C)c2)sc(C(C)=O)c1N. The van der Waals surface area contributed by atoms with Gasteiger partial charge in [-0.2, -0.15) is 0 Å². The van der Waals surface area contributed by atoms with E-state index in [1.54, 1.807) is 7.11 Å². The quantitative estimate of drug-likeness (QED) is 0.802. The minimum Gasteiger partial charge on any atom is -0.492 e. The Labute approximate surface area is 128 Å². The molecule has 112 valence electrons. The van der Waals surface area contributed by atoms with Crippen molar-refractivity contribution in [1.29, 1.82) is 0 Å². The van der Waals surface area contributed by atoms with Gasteiger partial charge in [0.05, 0.1) is 17.7 Å². The number of methoxy groups -OCH3 is 1. The molecule has 4 nitrogen and oxygen atoms in total. The van der Waals surface area contributed by atoms with Crippen molar-refractivity contribution >= 4 is 27.8 Å². The summed E-state index contributed by atoms with van der Waals surface area (Å²) >= 11 is 1.35. The van der Waals surface area contributed by atoms with Crippen LogP contribution in [0.5, 0.6) is 5.75 Å². The molecule has 0 spiro atoms. The number of carbonyl (C=O) groups is 1. The lowest BCUT2D eigenvalue weighted by molar-refractivity contribution is 0.102. The topological polar surface area (TPSA) is 64.3 Å². The smallest absolute Gasteiger partial charge is 0.176 e. The summed E-state index contributed by atoms with van der Waals surface area (Å²) in [6.45, 7) is 4.36. The lowest BCUT2D eigenvalue weighted by atomic mass is 10.1. The maximum atomic E-state index is 11.5. The van der Waals surface area contributed by atoms with E-state index >= 15 is 0 Å². The summed E-state index contributed by atoms with van der Waals surface area (Å²) in [7, 11) is 1.56. The van der Waals surface area contributed by atoms with Crippen molar-refractivity contribution in [2.45, 2.75) is 20.3 Å². The third kappa shape index (κ3) is 3.55. The largest absolute Gasteiger partial charge is 0.492 e. The van der Waals surface area contributed by atoms with Crippen LogP contribution in [-0.4, -0.2) is 19.4 Å². The van der Waals surface area contributed by atoms with E-state index in [2.05, 4.69) is 36.5 Å². The molecular formula is C16H20N2O2S. The normalized spacial score (nSPS) is 10.4. The van der Waals surface area contributed by atoms with E-state index in [0.29, 0.717) is 16.3 Å². The number of nitrogen functional groups attached to an aromatic ring is 1. The fraction of sp³-hybridized carbons (Fsp3) is 0.312. The highest BCUT2D eigenvalue weighted by molar-refractivity contribution is 7.19. The third-order valence-electron chi connectivity index (χ3n) is 3.21. The molecule has 0 aliphatic carbocycles. The molecule has 0 saturated carbocycles. The molecule has 0 atom stereocenters. The van der Waals surface area contributed by atoms with Crippen LogP contribution >= 0.6 is 11.3 Å². The molecule has 0 aliphatic heterocycles. The Balaban J connectivity index is 2.06. The molecule has 0 saturated heterocycles. The summed E-state index contributed by atoms with van der Waals surface area (Å²) in [5, 5.41) is 4.12. The van der Waals surface area contributed by atoms with Gasteiger partial charge in [0.15, 0.2) is 11.5 Å². The molecule has 2 aromatic rings. The Kier molecular flexibility index (Phi) is 4.85. The first-order valence-corrected chi connectivity index (χ1v) is 7.61. The molecule has 1 heterocycles. The second-order valence-corrected chi connectivity index (χ2v) is 5.95. The molecule has 0 aliphatic rings. The average Bonchev–Trinajstić information content (AvgIpc) is 2.75. The van der Waals surface area contributed by atoms with Gasteiger partial charge in [0.25, 0.3) is 0 Å². The molecule has 0 fully saturated rings. The number of rotatable bonds is 6. The number of hydrogen-bond acceptors (Lipinski definition) is 5. The highest BCUT2D eigenvalue weighted by atomic mass is 32.1. The molecule has 2 rings (SSSR count). The highest BCUT2D eigenvalue weighted by Crippen LogP contribution is 2.42. The van der Waals surface area contributed by atoms with E-state index in [4.69, 9.17) is 10.5 Å². The zero-order valence-corrected chi connectivity index (χ0v) is 13.3. The Morgan fingerprint density at radius 3 is 2.81 bits per heavy atom. The lowest BCUT2D eigenvalue weighted by Gasteiger charge is -2.07. The predicted molar refractivity (Wildman–Crippen MR) is 88.7 cm³/mol. The molecule has 1 aromatic carbocycles. The third-order valence-corrected chi connectivity index (χ3v) is 4.45. The molecule has 21 heavy (non-hydrogen) atoms. The molecule has 0 unspecified atom stereocenters. The van der Waals surface area contributed by atoms with Gasteiger partial charge in [0, 0.05) is 13.5 Å². The van der Waals surface area contributed by atoms with Crippen molar-refractivity contribution in [2.24, 2.45) is 0 Å². The number of benzene rings is 1. The number of aryl methyl sites for hydroxylation is 1. The van der Waals surface area contributed by atoms with Crippen molar-refractivity contribution in [3.05, 3.63) is 40.3 Å². The van der Waals surface area contributed by atoms with E-state index in [-0.39, 0.29) is 5.78 Å². The van der Waals surface area contributed by atoms with Gasteiger partial charge in [-0.15, -0.1) is 11.3 Å². The van der Waals surface area contributed by atoms with Gasteiger partial charge < -0.3 is 15.8 Å². The first-order valence-electron chi connectivity index (χ1n) is 6.79. The summed E-state index contributed by atoms with van der Waals surface area (Å²) < 4.78 is 5.30. The zero-order valence-electron chi connectivity index (χ0n) is 12.5. The number of anilines is 2. The second kappa shape index (κ2) is 6.63. The summed E-state index contributed by atoms with van der Waals surface area (Å²) in [6.07, 6.45) is 0.901. The Morgan fingerprint density at radius 1 is 1.43 bits per heavy atom. The van der Waals surface area contributed by atoms with Crippen LogP contribution in [0.4, 0.5) is 10.7 Å². The number of ether oxygens (including phenoxy) is 1. The maximum absolute atomic E-state index is 11.5. The van der Waals surface area contributed by atoms with Crippen LogP contribution in [-0.2, 0) is 6.42 Å². The fourth-order valence-corrected chi connectivity index (χ4v) is 3.21. The minimum atomic E-state index is -0.0393. The van der Waals surface area contributed by atoms with Crippen LogP contribution in [0.2, 0.25) is 0 Å². The van der Waals surface area contributed by atoms with Crippen molar-refractivity contribution in [2.75, 3.05) is 24.7 Å². The molecular weight excluding hydrogens is 284 g/mol. The van der Waals surface area contributed by atoms with Crippen LogP contribution in [0.25, 0.3) is 0 Å². The van der Waals surface area contributed by atoms with Gasteiger partial charge in [-0.05, 0) is 18.9 Å². The average molecular weight is 304 g/mol. The van der Waals surface area contributed by atoms with Gasteiger partial charge in [-0.25, -0.2) is 0 Å². The van der Waals surface area contributed by atoms with Gasteiger partial charge in [-0.3, -0.25) is 4.79 Å².